The Balaban J connectivity index is 1.83. The van der Waals surface area contributed by atoms with Gasteiger partial charge in [0.2, 0.25) is 0 Å². The Morgan fingerprint density at radius 1 is 1.25 bits per heavy atom. The number of amides is 1. The Bertz CT molecular complexity index is 500. The number of nitrogen functional groups attached to an aromatic ring is 1. The molecule has 20 heavy (non-hydrogen) atoms. The highest BCUT2D eigenvalue weighted by Crippen LogP contribution is 2.26. The molecule has 0 saturated carbocycles. The minimum absolute atomic E-state index is 0.0261. The standard InChI is InChI=1S/C15H20ClN3O/c16-12-5-1-6-13(17)14(12)15(20)19-9-3-8-18-7-2-4-11(18)10-19/h1,5-6,11H,2-4,7-10,17H2. The highest BCUT2D eigenvalue weighted by atomic mass is 35.5. The molecule has 1 unspecified atom stereocenters. The van der Waals surface area contributed by atoms with Crippen molar-refractivity contribution in [2.45, 2.75) is 25.3 Å². The summed E-state index contributed by atoms with van der Waals surface area (Å²) in [5.74, 6) is -0.0261. The van der Waals surface area contributed by atoms with Crippen LogP contribution in [0.3, 0.4) is 0 Å². The number of anilines is 1. The molecule has 4 nitrogen and oxygen atoms in total. The van der Waals surface area contributed by atoms with E-state index in [9.17, 15) is 4.79 Å². The van der Waals surface area contributed by atoms with Gasteiger partial charge in [-0.15, -0.1) is 0 Å². The Hall–Kier alpha value is -1.26. The number of nitrogens with zero attached hydrogens (tertiary/aromatic N) is 2. The molecular weight excluding hydrogens is 274 g/mol. The summed E-state index contributed by atoms with van der Waals surface area (Å²) in [6.45, 7) is 3.84. The number of rotatable bonds is 1. The first kappa shape index (κ1) is 13.7. The van der Waals surface area contributed by atoms with E-state index < -0.39 is 0 Å². The zero-order valence-corrected chi connectivity index (χ0v) is 12.3. The van der Waals surface area contributed by atoms with E-state index in [0.29, 0.717) is 22.3 Å². The van der Waals surface area contributed by atoms with Crippen LogP contribution in [0.15, 0.2) is 18.2 Å². The van der Waals surface area contributed by atoms with Crippen LogP contribution in [0, 0.1) is 0 Å². The zero-order valence-electron chi connectivity index (χ0n) is 11.5. The third-order valence-corrected chi connectivity index (χ3v) is 4.67. The zero-order chi connectivity index (χ0) is 14.1. The molecule has 5 heteroatoms. The van der Waals surface area contributed by atoms with Gasteiger partial charge in [0, 0.05) is 31.4 Å². The van der Waals surface area contributed by atoms with Crippen molar-refractivity contribution in [3.63, 3.8) is 0 Å². The van der Waals surface area contributed by atoms with Crippen molar-refractivity contribution in [3.8, 4) is 0 Å². The predicted molar refractivity (Wildman–Crippen MR) is 81.0 cm³/mol. The van der Waals surface area contributed by atoms with Crippen molar-refractivity contribution in [3.05, 3.63) is 28.8 Å². The monoisotopic (exact) mass is 293 g/mol. The van der Waals surface area contributed by atoms with Gasteiger partial charge in [-0.1, -0.05) is 17.7 Å². The Labute approximate surface area is 124 Å². The van der Waals surface area contributed by atoms with E-state index in [4.69, 9.17) is 17.3 Å². The van der Waals surface area contributed by atoms with Crippen LogP contribution in [0.5, 0.6) is 0 Å². The molecule has 1 atom stereocenters. The molecule has 2 saturated heterocycles. The van der Waals surface area contributed by atoms with Crippen molar-refractivity contribution in [1.29, 1.82) is 0 Å². The Morgan fingerprint density at radius 2 is 2.05 bits per heavy atom. The van der Waals surface area contributed by atoms with Gasteiger partial charge in [0.1, 0.15) is 0 Å². The average molecular weight is 294 g/mol. The number of carbonyl (C=O) groups excluding carboxylic acids is 1. The molecule has 2 aliphatic heterocycles. The van der Waals surface area contributed by atoms with E-state index in [1.807, 2.05) is 4.90 Å². The average Bonchev–Trinajstić information content (AvgIpc) is 2.75. The maximum Gasteiger partial charge on any atom is 0.257 e. The Kier molecular flexibility index (Phi) is 3.85. The van der Waals surface area contributed by atoms with Gasteiger partial charge in [-0.05, 0) is 37.9 Å². The van der Waals surface area contributed by atoms with Crippen LogP contribution in [0.4, 0.5) is 5.69 Å². The predicted octanol–water partition coefficient (Wildman–Crippen LogP) is 2.23. The van der Waals surface area contributed by atoms with Gasteiger partial charge in [0.05, 0.1) is 10.6 Å². The first-order chi connectivity index (χ1) is 9.66. The Morgan fingerprint density at radius 3 is 2.85 bits per heavy atom. The second kappa shape index (κ2) is 5.62. The molecule has 2 aliphatic rings. The molecule has 2 heterocycles. The van der Waals surface area contributed by atoms with E-state index >= 15 is 0 Å². The normalized spacial score (nSPS) is 23.4. The van der Waals surface area contributed by atoms with Crippen LogP contribution in [0.2, 0.25) is 5.02 Å². The smallest absolute Gasteiger partial charge is 0.257 e. The number of hydrogen-bond acceptors (Lipinski definition) is 3. The summed E-state index contributed by atoms with van der Waals surface area (Å²) < 4.78 is 0. The first-order valence-corrected chi connectivity index (χ1v) is 7.62. The number of halogens is 1. The van der Waals surface area contributed by atoms with E-state index in [2.05, 4.69) is 4.90 Å². The summed E-state index contributed by atoms with van der Waals surface area (Å²) >= 11 is 6.16. The molecule has 1 aromatic carbocycles. The van der Waals surface area contributed by atoms with Gasteiger partial charge in [-0.3, -0.25) is 9.69 Å². The lowest BCUT2D eigenvalue weighted by molar-refractivity contribution is 0.0744. The van der Waals surface area contributed by atoms with E-state index in [-0.39, 0.29) is 5.91 Å². The quantitative estimate of drug-likeness (QED) is 0.808. The van der Waals surface area contributed by atoms with Gasteiger partial charge in [0.15, 0.2) is 0 Å². The van der Waals surface area contributed by atoms with E-state index in [1.165, 1.54) is 19.4 Å². The van der Waals surface area contributed by atoms with E-state index in [1.54, 1.807) is 18.2 Å². The molecule has 1 aromatic rings. The van der Waals surface area contributed by atoms with Gasteiger partial charge in [0.25, 0.3) is 5.91 Å². The van der Waals surface area contributed by atoms with Crippen LogP contribution < -0.4 is 5.73 Å². The molecule has 0 radical (unpaired) electrons. The minimum atomic E-state index is -0.0261. The third-order valence-electron chi connectivity index (χ3n) is 4.35. The first-order valence-electron chi connectivity index (χ1n) is 7.24. The topological polar surface area (TPSA) is 49.6 Å². The van der Waals surface area contributed by atoms with Gasteiger partial charge in [-0.2, -0.15) is 0 Å². The van der Waals surface area contributed by atoms with Gasteiger partial charge >= 0.3 is 0 Å². The fraction of sp³-hybridized carbons (Fsp3) is 0.533. The molecule has 108 valence electrons. The van der Waals surface area contributed by atoms with Crippen molar-refractivity contribution < 1.29 is 4.79 Å². The highest BCUT2D eigenvalue weighted by molar-refractivity contribution is 6.34. The lowest BCUT2D eigenvalue weighted by atomic mass is 10.1. The largest absolute Gasteiger partial charge is 0.398 e. The number of carbonyl (C=O) groups is 1. The molecule has 3 rings (SSSR count). The van der Waals surface area contributed by atoms with Crippen molar-refractivity contribution >= 4 is 23.2 Å². The van der Waals surface area contributed by atoms with Crippen LogP contribution in [0.1, 0.15) is 29.6 Å². The summed E-state index contributed by atoms with van der Waals surface area (Å²) in [5, 5.41) is 0.447. The third kappa shape index (κ3) is 2.50. The maximum atomic E-state index is 12.7. The second-order valence-corrected chi connectivity index (χ2v) is 6.05. The van der Waals surface area contributed by atoms with Crippen LogP contribution in [-0.4, -0.2) is 47.9 Å². The molecule has 0 aliphatic carbocycles. The van der Waals surface area contributed by atoms with Crippen LogP contribution >= 0.6 is 11.6 Å². The van der Waals surface area contributed by atoms with Gasteiger partial charge < -0.3 is 10.6 Å². The second-order valence-electron chi connectivity index (χ2n) is 5.64. The molecule has 0 spiro atoms. The van der Waals surface area contributed by atoms with Crippen molar-refractivity contribution in [2.24, 2.45) is 0 Å². The maximum absolute atomic E-state index is 12.7. The fourth-order valence-corrected chi connectivity index (χ4v) is 3.58. The SMILES string of the molecule is Nc1cccc(Cl)c1C(=O)N1CCCN2CCCC2C1. The summed E-state index contributed by atoms with van der Waals surface area (Å²) in [6.07, 6.45) is 3.44. The number of nitrogens with two attached hydrogens (primary N) is 1. The lowest BCUT2D eigenvalue weighted by Crippen LogP contribution is -2.40. The summed E-state index contributed by atoms with van der Waals surface area (Å²) in [6, 6.07) is 5.74. The fourth-order valence-electron chi connectivity index (χ4n) is 3.32. The highest BCUT2D eigenvalue weighted by Gasteiger charge is 2.31. The van der Waals surface area contributed by atoms with Crippen molar-refractivity contribution in [1.82, 2.24) is 9.80 Å². The van der Waals surface area contributed by atoms with Gasteiger partial charge in [-0.25, -0.2) is 0 Å². The summed E-state index contributed by atoms with van der Waals surface area (Å²) in [7, 11) is 0. The molecular formula is C15H20ClN3O. The molecule has 0 aromatic heterocycles. The number of fused-ring (bicyclic) bond motifs is 1. The molecule has 0 bridgehead atoms. The molecule has 2 N–H and O–H groups in total. The minimum Gasteiger partial charge on any atom is -0.398 e. The van der Waals surface area contributed by atoms with Crippen LogP contribution in [-0.2, 0) is 0 Å². The van der Waals surface area contributed by atoms with Crippen molar-refractivity contribution in [2.75, 3.05) is 31.9 Å². The van der Waals surface area contributed by atoms with Crippen LogP contribution in [0.25, 0.3) is 0 Å². The lowest BCUT2D eigenvalue weighted by Gasteiger charge is -2.26. The molecule has 2 fully saturated rings. The number of benzene rings is 1. The summed E-state index contributed by atoms with van der Waals surface area (Å²) in [4.78, 5) is 17.2. The number of hydrogen-bond donors (Lipinski definition) is 1. The molecule has 1 amide bonds. The van der Waals surface area contributed by atoms with E-state index in [0.717, 1.165) is 26.1 Å². The summed E-state index contributed by atoms with van der Waals surface area (Å²) in [5.41, 5.74) is 6.86.